The van der Waals surface area contributed by atoms with Gasteiger partial charge >= 0.3 is 0 Å². The normalized spacial score (nSPS) is 26.9. The smallest absolute Gasteiger partial charge is 0.206 e. The van der Waals surface area contributed by atoms with E-state index in [0.29, 0.717) is 18.5 Å². The Labute approximate surface area is 103 Å². The number of aliphatic imine (C=N–C) groups is 1. The zero-order chi connectivity index (χ0) is 12.1. The summed E-state index contributed by atoms with van der Waals surface area (Å²) < 4.78 is 5.68. The summed E-state index contributed by atoms with van der Waals surface area (Å²) in [6, 6.07) is 0.559. The summed E-state index contributed by atoms with van der Waals surface area (Å²) in [5, 5.41) is 3.25. The second-order valence-electron chi connectivity index (χ2n) is 4.64. The monoisotopic (exact) mass is 241 g/mol. The fourth-order valence-electron chi connectivity index (χ4n) is 1.93. The first-order valence-corrected chi connectivity index (χ1v) is 6.43. The molecule has 1 heterocycles. The molecule has 17 heavy (non-hydrogen) atoms. The molecule has 0 bridgehead atoms. The lowest BCUT2D eigenvalue weighted by Crippen LogP contribution is -2.46. The van der Waals surface area contributed by atoms with Crippen molar-refractivity contribution in [2.75, 3.05) is 32.8 Å². The molecule has 0 amide bonds. The largest absolute Gasteiger partial charge is 0.374 e. The highest BCUT2D eigenvalue weighted by Crippen LogP contribution is 2.18. The first-order chi connectivity index (χ1) is 8.31. The second-order valence-corrected chi connectivity index (χ2v) is 4.64. The molecule has 4 N–H and O–H groups in total. The number of guanidine groups is 1. The Balaban J connectivity index is 1.75. The molecule has 2 fully saturated rings. The number of rotatable bonds is 4. The Morgan fingerprint density at radius 3 is 3.00 bits per heavy atom. The molecule has 6 nitrogen and oxygen atoms in total. The van der Waals surface area contributed by atoms with Crippen LogP contribution in [-0.2, 0) is 4.74 Å². The highest BCUT2D eigenvalue weighted by atomic mass is 16.5. The Morgan fingerprint density at radius 1 is 1.53 bits per heavy atom. The Hall–Kier alpha value is -0.850. The van der Waals surface area contributed by atoms with Crippen LogP contribution in [0.1, 0.15) is 19.8 Å². The minimum absolute atomic E-state index is 0.188. The maximum atomic E-state index is 5.68. The summed E-state index contributed by atoms with van der Waals surface area (Å²) in [6.45, 7) is 6.70. The average molecular weight is 241 g/mol. The third-order valence-corrected chi connectivity index (χ3v) is 3.18. The van der Waals surface area contributed by atoms with Crippen molar-refractivity contribution in [1.82, 2.24) is 15.6 Å². The van der Waals surface area contributed by atoms with Gasteiger partial charge < -0.3 is 10.1 Å². The molecule has 0 aromatic carbocycles. The molecule has 0 aromatic heterocycles. The molecule has 0 radical (unpaired) electrons. The number of hydrogen-bond donors (Lipinski definition) is 3. The van der Waals surface area contributed by atoms with Gasteiger partial charge in [-0.15, -0.1) is 0 Å². The molecule has 1 saturated carbocycles. The molecule has 98 valence electrons. The summed E-state index contributed by atoms with van der Waals surface area (Å²) in [5.74, 6) is 6.11. The van der Waals surface area contributed by atoms with E-state index in [2.05, 4.69) is 27.6 Å². The molecule has 6 heteroatoms. The lowest BCUT2D eigenvalue weighted by molar-refractivity contribution is -0.0210. The SMILES string of the molecule is CCN1CCOC(CN=C(NN)NC2CC2)C1. The molecular weight excluding hydrogens is 218 g/mol. The second kappa shape index (κ2) is 6.18. The van der Waals surface area contributed by atoms with Gasteiger partial charge in [0.1, 0.15) is 0 Å². The van der Waals surface area contributed by atoms with Gasteiger partial charge in [-0.3, -0.25) is 10.3 Å². The number of nitrogens with one attached hydrogen (secondary N) is 2. The van der Waals surface area contributed by atoms with Gasteiger partial charge in [0.25, 0.3) is 0 Å². The standard InChI is InChI=1S/C11H23N5O/c1-2-16-5-6-17-10(8-16)7-13-11(15-12)14-9-3-4-9/h9-10H,2-8,12H2,1H3,(H2,13,14,15). The number of nitrogens with two attached hydrogens (primary N) is 1. The van der Waals surface area contributed by atoms with Crippen molar-refractivity contribution < 1.29 is 4.74 Å². The van der Waals surface area contributed by atoms with Crippen LogP contribution in [0.5, 0.6) is 0 Å². The lowest BCUT2D eigenvalue weighted by Gasteiger charge is -2.31. The predicted molar refractivity (Wildman–Crippen MR) is 67.6 cm³/mol. The summed E-state index contributed by atoms with van der Waals surface area (Å²) in [5.41, 5.74) is 2.61. The van der Waals surface area contributed by atoms with Crippen LogP contribution in [0.15, 0.2) is 4.99 Å². The summed E-state index contributed by atoms with van der Waals surface area (Å²) in [4.78, 5) is 6.82. The first-order valence-electron chi connectivity index (χ1n) is 6.43. The minimum atomic E-state index is 0.188. The van der Waals surface area contributed by atoms with Crippen LogP contribution in [0.4, 0.5) is 0 Å². The van der Waals surface area contributed by atoms with Crippen molar-refractivity contribution in [3.05, 3.63) is 0 Å². The first kappa shape index (κ1) is 12.6. The lowest BCUT2D eigenvalue weighted by atomic mass is 10.3. The molecule has 2 rings (SSSR count). The third kappa shape index (κ3) is 4.14. The van der Waals surface area contributed by atoms with E-state index in [1.54, 1.807) is 0 Å². The van der Waals surface area contributed by atoms with Gasteiger partial charge in [0, 0.05) is 19.1 Å². The molecule has 1 atom stereocenters. The fraction of sp³-hybridized carbons (Fsp3) is 0.909. The van der Waals surface area contributed by atoms with E-state index in [-0.39, 0.29) is 6.10 Å². The van der Waals surface area contributed by atoms with Gasteiger partial charge in [-0.25, -0.2) is 10.8 Å². The van der Waals surface area contributed by atoms with E-state index < -0.39 is 0 Å². The number of likely N-dealkylation sites (N-methyl/N-ethyl adjacent to an activating group) is 1. The quantitative estimate of drug-likeness (QED) is 0.262. The van der Waals surface area contributed by atoms with Crippen LogP contribution in [-0.4, -0.2) is 55.8 Å². The third-order valence-electron chi connectivity index (χ3n) is 3.18. The highest BCUT2D eigenvalue weighted by molar-refractivity contribution is 5.79. The van der Waals surface area contributed by atoms with Gasteiger partial charge in [-0.05, 0) is 19.4 Å². The van der Waals surface area contributed by atoms with Crippen molar-refractivity contribution in [1.29, 1.82) is 0 Å². The van der Waals surface area contributed by atoms with Gasteiger partial charge in [0.2, 0.25) is 5.96 Å². The van der Waals surface area contributed by atoms with Crippen molar-refractivity contribution in [3.8, 4) is 0 Å². The van der Waals surface area contributed by atoms with E-state index in [9.17, 15) is 0 Å². The van der Waals surface area contributed by atoms with E-state index in [4.69, 9.17) is 10.6 Å². The van der Waals surface area contributed by atoms with Crippen molar-refractivity contribution in [2.24, 2.45) is 10.8 Å². The van der Waals surface area contributed by atoms with Crippen molar-refractivity contribution in [3.63, 3.8) is 0 Å². The van der Waals surface area contributed by atoms with Gasteiger partial charge in [-0.1, -0.05) is 6.92 Å². The molecule has 0 aromatic rings. The van der Waals surface area contributed by atoms with Crippen LogP contribution in [0.3, 0.4) is 0 Å². The molecule has 1 aliphatic heterocycles. The number of ether oxygens (including phenoxy) is 1. The molecule has 1 unspecified atom stereocenters. The average Bonchev–Trinajstić information content (AvgIpc) is 3.18. The molecule has 1 aliphatic carbocycles. The summed E-state index contributed by atoms with van der Waals surface area (Å²) in [7, 11) is 0. The molecule has 2 aliphatic rings. The van der Waals surface area contributed by atoms with Gasteiger partial charge in [0.05, 0.1) is 19.3 Å². The number of nitrogens with zero attached hydrogens (tertiary/aromatic N) is 2. The zero-order valence-electron chi connectivity index (χ0n) is 10.5. The maximum absolute atomic E-state index is 5.68. The predicted octanol–water partition coefficient (Wildman–Crippen LogP) is -0.722. The minimum Gasteiger partial charge on any atom is -0.374 e. The Morgan fingerprint density at radius 2 is 2.35 bits per heavy atom. The van der Waals surface area contributed by atoms with Crippen molar-refractivity contribution in [2.45, 2.75) is 31.9 Å². The molecule has 0 spiro atoms. The van der Waals surface area contributed by atoms with E-state index in [0.717, 1.165) is 26.2 Å². The Kier molecular flexibility index (Phi) is 4.58. The van der Waals surface area contributed by atoms with E-state index in [1.165, 1.54) is 12.8 Å². The molecular formula is C11H23N5O. The topological polar surface area (TPSA) is 74.9 Å². The van der Waals surface area contributed by atoms with Crippen LogP contribution >= 0.6 is 0 Å². The Bertz CT molecular complexity index is 267. The van der Waals surface area contributed by atoms with Gasteiger partial charge in [-0.2, -0.15) is 0 Å². The number of hydrogen-bond acceptors (Lipinski definition) is 4. The zero-order valence-corrected chi connectivity index (χ0v) is 10.5. The van der Waals surface area contributed by atoms with Crippen molar-refractivity contribution >= 4 is 5.96 Å². The number of morpholine rings is 1. The fourth-order valence-corrected chi connectivity index (χ4v) is 1.93. The van der Waals surface area contributed by atoms with Gasteiger partial charge in [0.15, 0.2) is 0 Å². The summed E-state index contributed by atoms with van der Waals surface area (Å²) >= 11 is 0. The molecule has 1 saturated heterocycles. The maximum Gasteiger partial charge on any atom is 0.206 e. The van der Waals surface area contributed by atoms with Crippen LogP contribution in [0, 0.1) is 0 Å². The highest BCUT2D eigenvalue weighted by Gasteiger charge is 2.23. The number of hydrazine groups is 1. The summed E-state index contributed by atoms with van der Waals surface area (Å²) in [6.07, 6.45) is 2.61. The van der Waals surface area contributed by atoms with Crippen LogP contribution in [0.25, 0.3) is 0 Å². The van der Waals surface area contributed by atoms with E-state index >= 15 is 0 Å². The van der Waals surface area contributed by atoms with E-state index in [1.807, 2.05) is 0 Å². The van der Waals surface area contributed by atoms with Crippen LogP contribution in [0.2, 0.25) is 0 Å². The van der Waals surface area contributed by atoms with Crippen LogP contribution < -0.4 is 16.6 Å².